The van der Waals surface area contributed by atoms with E-state index in [-0.39, 0.29) is 13.2 Å². The molecule has 0 amide bonds. The van der Waals surface area contributed by atoms with Crippen LogP contribution in [0.5, 0.6) is 5.75 Å². The van der Waals surface area contributed by atoms with E-state index in [1.54, 1.807) is 19.2 Å². The van der Waals surface area contributed by atoms with Crippen molar-refractivity contribution in [3.63, 3.8) is 0 Å². The molecule has 1 unspecified atom stereocenters. The highest BCUT2D eigenvalue weighted by molar-refractivity contribution is 6.32. The normalized spacial score (nSPS) is 11.9. The van der Waals surface area contributed by atoms with Gasteiger partial charge in [0.05, 0.1) is 36.5 Å². The molecule has 0 aromatic heterocycles. The molecule has 0 aliphatic rings. The average Bonchev–Trinajstić information content (AvgIpc) is 2.42. The second-order valence-electron chi connectivity index (χ2n) is 3.79. The molecule has 5 nitrogen and oxygen atoms in total. The van der Waals surface area contributed by atoms with Gasteiger partial charge in [-0.25, -0.2) is 0 Å². The highest BCUT2D eigenvalue weighted by Crippen LogP contribution is 2.25. The number of rotatable bonds is 8. The third kappa shape index (κ3) is 5.90. The lowest BCUT2D eigenvalue weighted by Gasteiger charge is -2.13. The van der Waals surface area contributed by atoms with Crippen molar-refractivity contribution in [2.75, 3.05) is 33.5 Å². The second kappa shape index (κ2) is 8.73. The summed E-state index contributed by atoms with van der Waals surface area (Å²) in [6, 6.07) is 6.69. The van der Waals surface area contributed by atoms with Gasteiger partial charge >= 0.3 is 0 Å². The van der Waals surface area contributed by atoms with E-state index >= 15 is 0 Å². The first-order chi connectivity index (χ1) is 9.17. The number of hydrogen-bond donors (Lipinski definition) is 1. The van der Waals surface area contributed by atoms with E-state index in [0.717, 1.165) is 0 Å². The first-order valence-corrected chi connectivity index (χ1v) is 6.12. The van der Waals surface area contributed by atoms with Crippen LogP contribution in [-0.4, -0.2) is 44.7 Å². The lowest BCUT2D eigenvalue weighted by molar-refractivity contribution is -0.00417. The predicted octanol–water partition coefficient (Wildman–Crippen LogP) is 1.61. The van der Waals surface area contributed by atoms with Crippen molar-refractivity contribution in [1.82, 2.24) is 0 Å². The minimum atomic E-state index is -0.747. The maximum atomic E-state index is 9.62. The van der Waals surface area contributed by atoms with Crippen molar-refractivity contribution in [2.24, 2.45) is 0 Å². The lowest BCUT2D eigenvalue weighted by Crippen LogP contribution is -2.24. The van der Waals surface area contributed by atoms with E-state index in [1.165, 1.54) is 6.07 Å². The minimum Gasteiger partial charge on any atom is -0.489 e. The maximum Gasteiger partial charge on any atom is 0.138 e. The van der Waals surface area contributed by atoms with E-state index in [1.807, 2.05) is 6.07 Å². The molecule has 1 atom stereocenters. The molecule has 1 N–H and O–H groups in total. The Balaban J connectivity index is 2.34. The zero-order valence-corrected chi connectivity index (χ0v) is 11.4. The van der Waals surface area contributed by atoms with E-state index in [2.05, 4.69) is 0 Å². The molecule has 1 aromatic carbocycles. The Labute approximate surface area is 117 Å². The van der Waals surface area contributed by atoms with Gasteiger partial charge in [0.1, 0.15) is 18.5 Å². The molecular formula is C13H16ClNO4. The highest BCUT2D eigenvalue weighted by Gasteiger charge is 2.08. The Kier molecular flexibility index (Phi) is 7.23. The fourth-order valence-corrected chi connectivity index (χ4v) is 1.52. The van der Waals surface area contributed by atoms with Crippen LogP contribution in [0.15, 0.2) is 18.2 Å². The number of nitrogens with zero attached hydrogens (tertiary/aromatic N) is 1. The van der Waals surface area contributed by atoms with Crippen molar-refractivity contribution >= 4 is 11.6 Å². The molecule has 6 heteroatoms. The molecule has 1 aromatic rings. The monoisotopic (exact) mass is 285 g/mol. The standard InChI is InChI=1S/C13H16ClNO4/c1-17-4-5-18-8-11(16)9-19-13-3-2-10(7-15)6-12(13)14/h2-3,6,11,16H,4-5,8-9H2,1H3. The Hall–Kier alpha value is -1.32. The van der Waals surface area contributed by atoms with Gasteiger partial charge in [-0.3, -0.25) is 0 Å². The first-order valence-electron chi connectivity index (χ1n) is 5.74. The number of hydrogen-bond acceptors (Lipinski definition) is 5. The van der Waals surface area contributed by atoms with Crippen molar-refractivity contribution in [3.05, 3.63) is 28.8 Å². The molecule has 0 radical (unpaired) electrons. The number of nitriles is 1. The molecule has 1 rings (SSSR count). The number of halogens is 1. The number of ether oxygens (including phenoxy) is 3. The fourth-order valence-electron chi connectivity index (χ4n) is 1.28. The largest absolute Gasteiger partial charge is 0.489 e. The maximum absolute atomic E-state index is 9.62. The van der Waals surface area contributed by atoms with Gasteiger partial charge in [-0.2, -0.15) is 5.26 Å². The van der Waals surface area contributed by atoms with Crippen LogP contribution in [0.1, 0.15) is 5.56 Å². The Morgan fingerprint density at radius 2 is 2.16 bits per heavy atom. The molecule has 0 heterocycles. The predicted molar refractivity (Wildman–Crippen MR) is 70.4 cm³/mol. The third-order valence-electron chi connectivity index (χ3n) is 2.23. The van der Waals surface area contributed by atoms with Gasteiger partial charge in [-0.15, -0.1) is 0 Å². The number of aliphatic hydroxyl groups excluding tert-OH is 1. The molecular weight excluding hydrogens is 270 g/mol. The molecule has 19 heavy (non-hydrogen) atoms. The summed E-state index contributed by atoms with van der Waals surface area (Å²) in [4.78, 5) is 0. The molecule has 0 saturated heterocycles. The number of aliphatic hydroxyl groups is 1. The first kappa shape index (κ1) is 15.7. The zero-order valence-electron chi connectivity index (χ0n) is 10.6. The van der Waals surface area contributed by atoms with Gasteiger partial charge < -0.3 is 19.3 Å². The lowest BCUT2D eigenvalue weighted by atomic mass is 10.2. The SMILES string of the molecule is COCCOCC(O)COc1ccc(C#N)cc1Cl. The van der Waals surface area contributed by atoms with Crippen LogP contribution in [0.4, 0.5) is 0 Å². The van der Waals surface area contributed by atoms with Crippen LogP contribution in [0, 0.1) is 11.3 Å². The Bertz CT molecular complexity index is 433. The van der Waals surface area contributed by atoms with Crippen LogP contribution >= 0.6 is 11.6 Å². The summed E-state index contributed by atoms with van der Waals surface area (Å²) < 4.78 is 15.3. The van der Waals surface area contributed by atoms with Crippen LogP contribution in [-0.2, 0) is 9.47 Å². The summed E-state index contributed by atoms with van der Waals surface area (Å²) in [6.07, 6.45) is -0.747. The van der Waals surface area contributed by atoms with Gasteiger partial charge in [-0.05, 0) is 18.2 Å². The minimum absolute atomic E-state index is 0.0681. The van der Waals surface area contributed by atoms with E-state index in [9.17, 15) is 5.11 Å². The molecule has 0 saturated carbocycles. The second-order valence-corrected chi connectivity index (χ2v) is 4.20. The van der Waals surface area contributed by atoms with Crippen LogP contribution in [0.25, 0.3) is 0 Å². The average molecular weight is 286 g/mol. The third-order valence-corrected chi connectivity index (χ3v) is 2.53. The topological polar surface area (TPSA) is 71.7 Å². The van der Waals surface area contributed by atoms with Crippen LogP contribution in [0.3, 0.4) is 0 Å². The van der Waals surface area contributed by atoms with Gasteiger partial charge in [0, 0.05) is 7.11 Å². The fraction of sp³-hybridized carbons (Fsp3) is 0.462. The van der Waals surface area contributed by atoms with Crippen molar-refractivity contribution in [2.45, 2.75) is 6.10 Å². The van der Waals surface area contributed by atoms with Gasteiger partial charge in [0.15, 0.2) is 0 Å². The summed E-state index contributed by atoms with van der Waals surface area (Å²) in [5.41, 5.74) is 0.459. The quantitative estimate of drug-likeness (QED) is 0.735. The molecule has 0 aliphatic carbocycles. The Morgan fingerprint density at radius 3 is 2.79 bits per heavy atom. The number of methoxy groups -OCH3 is 1. The van der Waals surface area contributed by atoms with Crippen molar-refractivity contribution in [1.29, 1.82) is 5.26 Å². The van der Waals surface area contributed by atoms with Crippen LogP contribution < -0.4 is 4.74 Å². The van der Waals surface area contributed by atoms with E-state index in [4.69, 9.17) is 31.1 Å². The van der Waals surface area contributed by atoms with Crippen molar-refractivity contribution < 1.29 is 19.3 Å². The molecule has 104 valence electrons. The molecule has 0 aliphatic heterocycles. The van der Waals surface area contributed by atoms with E-state index < -0.39 is 6.10 Å². The Morgan fingerprint density at radius 1 is 1.37 bits per heavy atom. The number of benzene rings is 1. The van der Waals surface area contributed by atoms with Crippen LogP contribution in [0.2, 0.25) is 5.02 Å². The van der Waals surface area contributed by atoms with Gasteiger partial charge in [0.25, 0.3) is 0 Å². The van der Waals surface area contributed by atoms with Crippen molar-refractivity contribution in [3.8, 4) is 11.8 Å². The van der Waals surface area contributed by atoms with Gasteiger partial charge in [-0.1, -0.05) is 11.6 Å². The zero-order chi connectivity index (χ0) is 14.1. The van der Waals surface area contributed by atoms with Gasteiger partial charge in [0.2, 0.25) is 0 Å². The summed E-state index contributed by atoms with van der Waals surface area (Å²) in [5, 5.41) is 18.7. The molecule has 0 fully saturated rings. The smallest absolute Gasteiger partial charge is 0.138 e. The summed E-state index contributed by atoms with van der Waals surface area (Å²) in [5.74, 6) is 0.427. The summed E-state index contributed by atoms with van der Waals surface area (Å²) >= 11 is 5.93. The molecule has 0 spiro atoms. The summed E-state index contributed by atoms with van der Waals surface area (Å²) in [7, 11) is 1.58. The van der Waals surface area contributed by atoms with E-state index in [0.29, 0.717) is 29.5 Å². The summed E-state index contributed by atoms with van der Waals surface area (Å²) in [6.45, 7) is 1.13. The molecule has 0 bridgehead atoms. The highest BCUT2D eigenvalue weighted by atomic mass is 35.5.